The van der Waals surface area contributed by atoms with E-state index in [9.17, 15) is 0 Å². The van der Waals surface area contributed by atoms with Gasteiger partial charge in [-0.05, 0) is 134 Å². The van der Waals surface area contributed by atoms with E-state index in [1.807, 2.05) is 215 Å². The summed E-state index contributed by atoms with van der Waals surface area (Å²) in [4.78, 5) is 32.7. The van der Waals surface area contributed by atoms with E-state index < -0.39 is 0 Å². The number of imidazole rings is 1. The van der Waals surface area contributed by atoms with Crippen molar-refractivity contribution in [3.05, 3.63) is 225 Å². The van der Waals surface area contributed by atoms with Gasteiger partial charge in [0.25, 0.3) is 0 Å². The number of hydrogen-bond acceptors (Lipinski definition) is 18. The summed E-state index contributed by atoms with van der Waals surface area (Å²) in [7, 11) is 0. The molecule has 11 rings (SSSR count). The van der Waals surface area contributed by atoms with E-state index in [0.717, 1.165) is 70.4 Å². The van der Waals surface area contributed by atoms with Gasteiger partial charge in [-0.15, -0.1) is 5.10 Å². The zero-order valence-electron chi connectivity index (χ0n) is 87.9. The molecule has 23 heteroatoms. The molecule has 0 fully saturated rings. The summed E-state index contributed by atoms with van der Waals surface area (Å²) in [5, 5.41) is 45.5. The maximum Gasteiger partial charge on any atom is 0.153 e. The highest BCUT2D eigenvalue weighted by Crippen LogP contribution is 2.12. The third-order valence-corrected chi connectivity index (χ3v) is 7.77. The highest BCUT2D eigenvalue weighted by molar-refractivity contribution is 7.07. The Kier molecular flexibility index (Phi) is 192. The minimum absolute atomic E-state index is 0.426. The summed E-state index contributed by atoms with van der Waals surface area (Å²) in [5.74, 6) is 9.35. The van der Waals surface area contributed by atoms with E-state index in [2.05, 4.69) is 314 Å². The van der Waals surface area contributed by atoms with E-state index >= 15 is 0 Å². The van der Waals surface area contributed by atoms with E-state index in [1.165, 1.54) is 18.9 Å². The average molecular weight is 1720 g/mol. The molecule has 11 heterocycles. The summed E-state index contributed by atoms with van der Waals surface area (Å²) < 4.78 is 1.92. The van der Waals surface area contributed by atoms with Crippen molar-refractivity contribution in [1.29, 1.82) is 0 Å². The van der Waals surface area contributed by atoms with Gasteiger partial charge in [-0.25, -0.2) is 24.9 Å². The van der Waals surface area contributed by atoms with Gasteiger partial charge >= 0.3 is 0 Å². The fourth-order valence-corrected chi connectivity index (χ4v) is 4.43. The molecule has 0 aliphatic heterocycles. The number of H-pyrrole nitrogens is 4. The Balaban J connectivity index is -0.0000000626. The van der Waals surface area contributed by atoms with Crippen LogP contribution in [-0.2, 0) is 0 Å². The highest BCUT2D eigenvalue weighted by atomic mass is 32.1. The first-order valence-electron chi connectivity index (χ1n) is 44.7. The fraction of sp³-hybridized carbons (Fsp3) is 0.622. The molecule has 0 bridgehead atoms. The zero-order valence-corrected chi connectivity index (χ0v) is 88.7. The molecule has 121 heavy (non-hydrogen) atoms. The van der Waals surface area contributed by atoms with Gasteiger partial charge in [-0.3, -0.25) is 29.8 Å². The normalized spacial score (nSPS) is 8.07. The predicted octanol–water partition coefficient (Wildman–Crippen LogP) is 31.4. The maximum atomic E-state index is 4.14. The third kappa shape index (κ3) is 241. The summed E-state index contributed by atoms with van der Waals surface area (Å²) >= 11 is 1.71. The summed E-state index contributed by atoms with van der Waals surface area (Å²) in [6.45, 7) is 104. The molecule has 0 saturated heterocycles. The Morgan fingerprint density at radius 2 is 0.669 bits per heavy atom. The van der Waals surface area contributed by atoms with E-state index in [0.29, 0.717) is 17.9 Å². The molecular weight excluding hydrogens is 1520 g/mol. The summed E-state index contributed by atoms with van der Waals surface area (Å²) in [5.41, 5.74) is 2.07. The van der Waals surface area contributed by atoms with Gasteiger partial charge in [0.1, 0.15) is 18.5 Å². The Bertz CT molecular complexity index is 2440. The molecule has 11 aromatic rings. The topological polar surface area (TPSA) is 287 Å². The molecule has 4 N–H and O–H groups in total. The van der Waals surface area contributed by atoms with Crippen molar-refractivity contribution in [1.82, 2.24) is 111 Å². The first-order chi connectivity index (χ1) is 57.6. The lowest BCUT2D eigenvalue weighted by atomic mass is 10.1. The van der Waals surface area contributed by atoms with Crippen LogP contribution in [-0.4, -0.2) is 111 Å². The van der Waals surface area contributed by atoms with Gasteiger partial charge in [0.15, 0.2) is 5.82 Å². The Labute approximate surface area is 754 Å². The summed E-state index contributed by atoms with van der Waals surface area (Å²) in [6.07, 6.45) is 35.0. The van der Waals surface area contributed by atoms with Crippen LogP contribution in [0.2, 0.25) is 0 Å². The number of nitrogens with zero attached hydrogens (tertiary/aromatic N) is 18. The number of aromatic nitrogens is 22. The smallest absolute Gasteiger partial charge is 0.153 e. The molecule has 0 radical (unpaired) electrons. The van der Waals surface area contributed by atoms with Crippen LogP contribution in [0.5, 0.6) is 0 Å². The molecule has 0 aliphatic carbocycles. The number of aryl methyl sites for hydroxylation is 2. The quantitative estimate of drug-likeness (QED) is 0.128. The number of aromatic amines is 4. The molecule has 0 aliphatic rings. The standard InChI is InChI=1S/2C6H11N3.C6H10N2.C5H5N.3C4H4N2.C4H4S.8C4H10.C3H3N3.2C3H4N2.9C2H6/c1-4(2)6-7-5(3)8-9-6;1-4(2)6-5(3)7-9-8-6;1-6(2)8-5-3-4-7-8;1-2-4-6-5-3-1;1-2-6-4-3-5-1;1-2-5-4-6-3-1;1-2-4-6-5-3-1;1-2-4-5-3-1;8*1-4(2)3;1-2-5-6-3-4-1;1-2-5-3-4-1;1-2-4-5-3-1;9*1-2/h2*4H,1-3H3,(H,7,8,9);3-6H,1-2H3;1-5H;3*1-4H;1-4H;8*4H,1-3H3;1-3H;2*1-3H,(H,4,5);9*1-2H3. The number of rotatable bonds is 3. The van der Waals surface area contributed by atoms with Crippen molar-refractivity contribution >= 4 is 11.3 Å². The van der Waals surface area contributed by atoms with Crippen molar-refractivity contribution < 1.29 is 0 Å². The lowest BCUT2D eigenvalue weighted by Crippen LogP contribution is -1.99. The molecule has 0 spiro atoms. The number of thiophene rings is 1. The van der Waals surface area contributed by atoms with E-state index in [4.69, 9.17) is 0 Å². The minimum Gasteiger partial charge on any atom is -0.351 e. The van der Waals surface area contributed by atoms with Crippen LogP contribution in [0.3, 0.4) is 0 Å². The Morgan fingerprint density at radius 3 is 0.785 bits per heavy atom. The van der Waals surface area contributed by atoms with Gasteiger partial charge < -0.3 is 4.98 Å². The number of nitrogens with one attached hydrogen (secondary N) is 4. The highest BCUT2D eigenvalue weighted by Gasteiger charge is 2.05. The second-order valence-electron chi connectivity index (χ2n) is 27.7. The number of pyridine rings is 1. The molecule has 706 valence electrons. The lowest BCUT2D eigenvalue weighted by Gasteiger charge is -2.01. The van der Waals surface area contributed by atoms with Gasteiger partial charge in [0, 0.05) is 117 Å². The van der Waals surface area contributed by atoms with Crippen molar-refractivity contribution in [2.24, 2.45) is 47.3 Å². The third-order valence-electron chi connectivity index (χ3n) is 7.14. The largest absolute Gasteiger partial charge is 0.351 e. The predicted molar refractivity (Wildman–Crippen MR) is 541 cm³/mol. The molecule has 11 aromatic heterocycles. The van der Waals surface area contributed by atoms with Crippen molar-refractivity contribution in [3.8, 4) is 0 Å². The lowest BCUT2D eigenvalue weighted by molar-refractivity contribution is 0.532. The molecule has 0 amide bonds. The molecule has 0 aromatic carbocycles. The van der Waals surface area contributed by atoms with Gasteiger partial charge in [-0.2, -0.15) is 57.3 Å². The fourth-order valence-electron chi connectivity index (χ4n) is 3.98. The summed E-state index contributed by atoms with van der Waals surface area (Å²) in [6, 6.07) is 19.4. The van der Waals surface area contributed by atoms with Gasteiger partial charge in [0.2, 0.25) is 0 Å². The van der Waals surface area contributed by atoms with Gasteiger partial charge in [-0.1, -0.05) is 337 Å². The second-order valence-corrected chi connectivity index (χ2v) is 28.5. The Hall–Kier alpha value is -8.99. The van der Waals surface area contributed by atoms with Crippen LogP contribution >= 0.6 is 11.3 Å². The maximum absolute atomic E-state index is 4.14. The average Bonchev–Trinajstić information content (AvgIpc) is 1.78. The van der Waals surface area contributed by atoms with E-state index in [1.54, 1.807) is 123 Å². The first-order valence-corrected chi connectivity index (χ1v) is 45.6. The van der Waals surface area contributed by atoms with Crippen LogP contribution in [0, 0.1) is 61.2 Å². The Morgan fingerprint density at radius 1 is 0.306 bits per heavy atom. The van der Waals surface area contributed by atoms with Crippen LogP contribution in [0.25, 0.3) is 0 Å². The number of hydrogen-bond donors (Lipinski definition) is 4. The first kappa shape index (κ1) is 153. The molecule has 0 unspecified atom stereocenters. The van der Waals surface area contributed by atoms with Crippen molar-refractivity contribution in [2.75, 3.05) is 0 Å². The molecular formula is C98H198N22S. The second kappa shape index (κ2) is 152. The van der Waals surface area contributed by atoms with Crippen molar-refractivity contribution in [3.63, 3.8) is 0 Å². The molecule has 0 atom stereocenters. The monoisotopic (exact) mass is 1720 g/mol. The van der Waals surface area contributed by atoms with Crippen LogP contribution in [0.4, 0.5) is 0 Å². The molecule has 22 nitrogen and oxygen atoms in total. The van der Waals surface area contributed by atoms with Crippen LogP contribution in [0.15, 0.2) is 202 Å². The minimum atomic E-state index is 0.426. The van der Waals surface area contributed by atoms with Crippen LogP contribution < -0.4 is 0 Å². The van der Waals surface area contributed by atoms with Crippen LogP contribution in [0.1, 0.15) is 373 Å². The van der Waals surface area contributed by atoms with Crippen molar-refractivity contribution in [2.45, 2.75) is 364 Å². The zero-order chi connectivity index (χ0) is 98.1. The van der Waals surface area contributed by atoms with E-state index in [-0.39, 0.29) is 0 Å². The molecule has 0 saturated carbocycles. The van der Waals surface area contributed by atoms with Gasteiger partial charge in [0.05, 0.1) is 23.9 Å². The SMILES string of the molecule is CC.CC.CC.CC.CC.CC.CC.CC.CC.CC(C)C.CC(C)C.CC(C)C.CC(C)C.CC(C)C.CC(C)C.CC(C)C.CC(C)C.CC(C)n1cccn1.Cc1n[nH]nc1C(C)C.Cc1nc(C(C)C)n[nH]1.c1c[nH]cn1.c1ccncc1.c1ccnnc1.c1ccsc1.c1cn[nH]c1.c1cnccn1.c1cncnc1.c1cnncn1.